The van der Waals surface area contributed by atoms with Gasteiger partial charge in [-0.25, -0.2) is 0 Å². The van der Waals surface area contributed by atoms with Crippen LogP contribution in [0.5, 0.6) is 5.75 Å². The van der Waals surface area contributed by atoms with Gasteiger partial charge < -0.3 is 10.1 Å². The number of hydrogen-bond donors (Lipinski definition) is 1. The first-order valence-corrected chi connectivity index (χ1v) is 7.78. The molecule has 1 fully saturated rings. The zero-order valence-electron chi connectivity index (χ0n) is 13.0. The van der Waals surface area contributed by atoms with Gasteiger partial charge in [-0.3, -0.25) is 0 Å². The molecule has 0 amide bonds. The van der Waals surface area contributed by atoms with E-state index in [-0.39, 0.29) is 11.8 Å². The van der Waals surface area contributed by atoms with Gasteiger partial charge in [0, 0.05) is 17.6 Å². The second-order valence-corrected chi connectivity index (χ2v) is 6.22. The van der Waals surface area contributed by atoms with Gasteiger partial charge in [0.05, 0.1) is 0 Å². The number of rotatable bonds is 5. The molecule has 0 heterocycles. The Bertz CT molecular complexity index is 442. The normalized spacial score (nSPS) is 27.6. The third kappa shape index (κ3) is 4.16. The maximum Gasteiger partial charge on any atom is 0.387 e. The van der Waals surface area contributed by atoms with Crippen molar-refractivity contribution in [2.45, 2.75) is 58.7 Å². The van der Waals surface area contributed by atoms with E-state index in [2.05, 4.69) is 23.9 Å². The molecule has 1 saturated carbocycles. The Morgan fingerprint density at radius 3 is 2.38 bits per heavy atom. The number of ether oxygens (including phenoxy) is 1. The minimum absolute atomic E-state index is 0.00653. The van der Waals surface area contributed by atoms with Gasteiger partial charge >= 0.3 is 6.61 Å². The van der Waals surface area contributed by atoms with E-state index in [1.807, 2.05) is 19.1 Å². The summed E-state index contributed by atoms with van der Waals surface area (Å²) in [6.45, 7) is 3.76. The van der Waals surface area contributed by atoms with Crippen molar-refractivity contribution in [2.24, 2.45) is 11.8 Å². The second kappa shape index (κ2) is 7.21. The lowest BCUT2D eigenvalue weighted by Gasteiger charge is -2.37. The van der Waals surface area contributed by atoms with E-state index in [0.29, 0.717) is 17.9 Å². The molecule has 0 spiro atoms. The molecule has 0 radical (unpaired) electrons. The quantitative estimate of drug-likeness (QED) is 0.845. The van der Waals surface area contributed by atoms with Gasteiger partial charge in [0.25, 0.3) is 0 Å². The van der Waals surface area contributed by atoms with Crippen LogP contribution in [0.2, 0.25) is 0 Å². The highest BCUT2D eigenvalue weighted by atomic mass is 19.3. The molecule has 3 atom stereocenters. The molecular weight excluding hydrogens is 272 g/mol. The molecular formula is C17H25F2NO. The highest BCUT2D eigenvalue weighted by Crippen LogP contribution is 2.32. The van der Waals surface area contributed by atoms with Crippen LogP contribution >= 0.6 is 0 Å². The highest BCUT2D eigenvalue weighted by molar-refractivity contribution is 5.35. The van der Waals surface area contributed by atoms with Gasteiger partial charge in [-0.15, -0.1) is 0 Å². The summed E-state index contributed by atoms with van der Waals surface area (Å²) < 4.78 is 29.6. The molecule has 1 aliphatic rings. The van der Waals surface area contributed by atoms with E-state index in [4.69, 9.17) is 0 Å². The number of para-hydroxylation sites is 1. The van der Waals surface area contributed by atoms with E-state index in [1.54, 1.807) is 12.1 Å². The maximum absolute atomic E-state index is 12.5. The summed E-state index contributed by atoms with van der Waals surface area (Å²) in [5.41, 5.74) is 0.794. The van der Waals surface area contributed by atoms with Crippen LogP contribution in [-0.4, -0.2) is 12.7 Å². The molecule has 0 saturated heterocycles. The van der Waals surface area contributed by atoms with Crippen molar-refractivity contribution in [1.29, 1.82) is 0 Å². The van der Waals surface area contributed by atoms with Gasteiger partial charge in [-0.2, -0.15) is 8.78 Å². The molecule has 3 unspecified atom stereocenters. The molecule has 0 aromatic heterocycles. The van der Waals surface area contributed by atoms with Crippen molar-refractivity contribution < 1.29 is 13.5 Å². The number of alkyl halides is 2. The molecule has 2 nitrogen and oxygen atoms in total. The van der Waals surface area contributed by atoms with E-state index in [0.717, 1.165) is 5.56 Å². The van der Waals surface area contributed by atoms with Crippen LogP contribution in [0.1, 0.15) is 51.6 Å². The lowest BCUT2D eigenvalue weighted by molar-refractivity contribution is -0.0507. The lowest BCUT2D eigenvalue weighted by Crippen LogP contribution is -2.43. The molecule has 1 aromatic rings. The van der Waals surface area contributed by atoms with Gasteiger partial charge in [0.1, 0.15) is 5.75 Å². The molecule has 118 valence electrons. The number of nitrogens with one attached hydrogen (secondary N) is 1. The van der Waals surface area contributed by atoms with E-state index < -0.39 is 6.61 Å². The van der Waals surface area contributed by atoms with Crippen LogP contribution in [0.15, 0.2) is 24.3 Å². The summed E-state index contributed by atoms with van der Waals surface area (Å²) in [6.07, 6.45) is 3.73. The summed E-state index contributed by atoms with van der Waals surface area (Å²) in [4.78, 5) is 0. The Hall–Kier alpha value is -1.16. The Morgan fingerprint density at radius 1 is 1.14 bits per heavy atom. The first-order valence-electron chi connectivity index (χ1n) is 7.78. The van der Waals surface area contributed by atoms with E-state index in [9.17, 15) is 8.78 Å². The molecule has 0 aliphatic heterocycles. The van der Waals surface area contributed by atoms with Crippen molar-refractivity contribution >= 4 is 0 Å². The van der Waals surface area contributed by atoms with Crippen LogP contribution in [0.3, 0.4) is 0 Å². The van der Waals surface area contributed by atoms with Crippen molar-refractivity contribution in [3.63, 3.8) is 0 Å². The van der Waals surface area contributed by atoms with Crippen molar-refractivity contribution in [2.75, 3.05) is 0 Å². The Morgan fingerprint density at radius 2 is 1.76 bits per heavy atom. The monoisotopic (exact) mass is 297 g/mol. The zero-order valence-corrected chi connectivity index (χ0v) is 13.0. The summed E-state index contributed by atoms with van der Waals surface area (Å²) >= 11 is 0. The molecule has 1 aromatic carbocycles. The average molecular weight is 297 g/mol. The Labute approximate surface area is 125 Å². The molecule has 0 bridgehead atoms. The SMILES string of the molecule is CC(NC1C(C)CCCC1C)c1ccccc1OC(F)F. The van der Waals surface area contributed by atoms with E-state index >= 15 is 0 Å². The van der Waals surface area contributed by atoms with Crippen molar-refractivity contribution in [1.82, 2.24) is 5.32 Å². The molecule has 2 rings (SSSR count). The van der Waals surface area contributed by atoms with Gasteiger partial charge in [0.15, 0.2) is 0 Å². The average Bonchev–Trinajstić information content (AvgIpc) is 2.43. The second-order valence-electron chi connectivity index (χ2n) is 6.22. The van der Waals surface area contributed by atoms with Crippen LogP contribution in [-0.2, 0) is 0 Å². The van der Waals surface area contributed by atoms with Crippen molar-refractivity contribution in [3.05, 3.63) is 29.8 Å². The number of hydrogen-bond acceptors (Lipinski definition) is 2. The summed E-state index contributed by atoms with van der Waals surface area (Å²) in [5, 5.41) is 3.62. The number of halogens is 2. The summed E-state index contributed by atoms with van der Waals surface area (Å²) in [5.74, 6) is 1.49. The fourth-order valence-corrected chi connectivity index (χ4v) is 3.43. The minimum Gasteiger partial charge on any atom is -0.434 e. The molecule has 21 heavy (non-hydrogen) atoms. The van der Waals surface area contributed by atoms with Crippen LogP contribution in [0.4, 0.5) is 8.78 Å². The molecule has 1 aliphatic carbocycles. The largest absolute Gasteiger partial charge is 0.434 e. The first kappa shape index (κ1) is 16.2. The fraction of sp³-hybridized carbons (Fsp3) is 0.647. The van der Waals surface area contributed by atoms with Gasteiger partial charge in [-0.1, -0.05) is 38.5 Å². The predicted octanol–water partition coefficient (Wildman–Crippen LogP) is 4.76. The van der Waals surface area contributed by atoms with Crippen LogP contribution < -0.4 is 10.1 Å². The lowest BCUT2D eigenvalue weighted by atomic mass is 9.78. The van der Waals surface area contributed by atoms with Crippen LogP contribution in [0.25, 0.3) is 0 Å². The third-order valence-electron chi connectivity index (χ3n) is 4.59. The number of benzene rings is 1. The van der Waals surface area contributed by atoms with Gasteiger partial charge in [-0.05, 0) is 37.7 Å². The molecule has 4 heteroatoms. The predicted molar refractivity (Wildman–Crippen MR) is 80.6 cm³/mol. The van der Waals surface area contributed by atoms with Crippen molar-refractivity contribution in [3.8, 4) is 5.75 Å². The smallest absolute Gasteiger partial charge is 0.387 e. The zero-order chi connectivity index (χ0) is 15.4. The minimum atomic E-state index is -2.79. The standard InChI is InChI=1S/C17H25F2NO/c1-11-7-6-8-12(2)16(11)20-13(3)14-9-4-5-10-15(14)21-17(18)19/h4-5,9-13,16-17,20H,6-8H2,1-3H3. The first-order chi connectivity index (χ1) is 9.99. The Kier molecular flexibility index (Phi) is 5.57. The highest BCUT2D eigenvalue weighted by Gasteiger charge is 2.29. The summed E-state index contributed by atoms with van der Waals surface area (Å²) in [7, 11) is 0. The molecule has 1 N–H and O–H groups in total. The third-order valence-corrected chi connectivity index (χ3v) is 4.59. The van der Waals surface area contributed by atoms with Crippen LogP contribution in [0, 0.1) is 11.8 Å². The van der Waals surface area contributed by atoms with Gasteiger partial charge in [0.2, 0.25) is 0 Å². The van der Waals surface area contributed by atoms with E-state index in [1.165, 1.54) is 19.3 Å². The maximum atomic E-state index is 12.5. The Balaban J connectivity index is 2.10. The summed E-state index contributed by atoms with van der Waals surface area (Å²) in [6, 6.07) is 7.46. The topological polar surface area (TPSA) is 21.3 Å². The fourth-order valence-electron chi connectivity index (χ4n) is 3.43.